The van der Waals surface area contributed by atoms with Gasteiger partial charge in [0.05, 0.1) is 29.4 Å². The fourth-order valence-electron chi connectivity index (χ4n) is 5.91. The highest BCUT2D eigenvalue weighted by atomic mass is 32.2. The number of methoxy groups -OCH3 is 1. The third-order valence-electron chi connectivity index (χ3n) is 8.17. The first-order valence-electron chi connectivity index (χ1n) is 15.1. The summed E-state index contributed by atoms with van der Waals surface area (Å²) in [4.78, 5) is 2.35. The molecule has 1 heterocycles. The van der Waals surface area contributed by atoms with E-state index in [0.717, 1.165) is 51.1 Å². The highest BCUT2D eigenvalue weighted by molar-refractivity contribution is 7.89. The molecule has 0 radical (unpaired) electrons. The molecule has 0 spiro atoms. The van der Waals surface area contributed by atoms with E-state index in [0.29, 0.717) is 29.9 Å². The van der Waals surface area contributed by atoms with Crippen molar-refractivity contribution in [3.05, 3.63) is 40.5 Å². The Hall–Kier alpha value is -2.99. The van der Waals surface area contributed by atoms with Gasteiger partial charge in [0.15, 0.2) is 6.61 Å². The molecule has 2 atom stereocenters. The van der Waals surface area contributed by atoms with E-state index in [9.17, 15) is 8.42 Å². The number of ether oxygens (including phenoxy) is 2. The average Bonchev–Trinajstić information content (AvgIpc) is 3.34. The zero-order valence-electron chi connectivity index (χ0n) is 25.9. The largest absolute Gasteiger partial charge is 0.477 e. The summed E-state index contributed by atoms with van der Waals surface area (Å²) in [6.07, 6.45) is 9.00. The molecule has 2 aliphatic carbocycles. The summed E-state index contributed by atoms with van der Waals surface area (Å²) < 4.78 is 36.6. The van der Waals surface area contributed by atoms with E-state index in [1.807, 2.05) is 6.07 Å². The van der Waals surface area contributed by atoms with Crippen LogP contribution in [0.3, 0.4) is 0 Å². The Morgan fingerprint density at radius 1 is 1.27 bits per heavy atom. The predicted molar refractivity (Wildman–Crippen MR) is 181 cm³/mol. The highest BCUT2D eigenvalue weighted by Crippen LogP contribution is 2.27. The van der Waals surface area contributed by atoms with E-state index in [-0.39, 0.29) is 17.3 Å². The lowest BCUT2D eigenvalue weighted by molar-refractivity contribution is 0.118. The van der Waals surface area contributed by atoms with Crippen LogP contribution in [0.1, 0.15) is 44.2 Å². The van der Waals surface area contributed by atoms with Crippen LogP contribution in [0.4, 0.5) is 5.69 Å². The van der Waals surface area contributed by atoms with Gasteiger partial charge >= 0.3 is 0 Å². The Morgan fingerprint density at radius 2 is 2.05 bits per heavy atom. The van der Waals surface area contributed by atoms with Gasteiger partial charge in [-0.05, 0) is 75.3 Å². The molecule has 0 amide bonds. The predicted octanol–water partition coefficient (Wildman–Crippen LogP) is 0.497. The van der Waals surface area contributed by atoms with E-state index >= 15 is 0 Å². The minimum absolute atomic E-state index is 0.0867. The minimum atomic E-state index is -3.91. The SMILES string of the molecule is BC(P)Cn1c(C#CCNc2ccc(S(N)(=O)=O)cc2OCC#N)cc2c1=CCCC=2NC1CCC(N(C)CCOC)CC1. The molecule has 1 aromatic heterocycles. The lowest BCUT2D eigenvalue weighted by Crippen LogP contribution is -2.44. The third kappa shape index (κ3) is 9.03. The van der Waals surface area contributed by atoms with E-state index in [4.69, 9.17) is 19.9 Å². The number of nitrogens with two attached hydrogens (primary N) is 1. The van der Waals surface area contributed by atoms with Crippen molar-refractivity contribution < 1.29 is 17.9 Å². The van der Waals surface area contributed by atoms with Gasteiger partial charge in [-0.1, -0.05) is 12.0 Å². The van der Waals surface area contributed by atoms with Gasteiger partial charge in [0, 0.05) is 54.6 Å². The van der Waals surface area contributed by atoms with Crippen LogP contribution in [-0.4, -0.2) is 83.8 Å². The van der Waals surface area contributed by atoms with Crippen molar-refractivity contribution in [2.45, 2.75) is 67.6 Å². The van der Waals surface area contributed by atoms with Gasteiger partial charge in [0.1, 0.15) is 19.7 Å². The second-order valence-corrected chi connectivity index (χ2v) is 14.3. The van der Waals surface area contributed by atoms with Crippen LogP contribution in [0.25, 0.3) is 11.8 Å². The zero-order chi connectivity index (χ0) is 31.7. The number of aromatic nitrogens is 1. The van der Waals surface area contributed by atoms with Crippen LogP contribution < -0.4 is 31.1 Å². The van der Waals surface area contributed by atoms with Gasteiger partial charge in [-0.25, -0.2) is 13.6 Å². The number of hydrogen-bond donors (Lipinski definition) is 3. The molecule has 10 nitrogen and oxygen atoms in total. The number of nitrogens with zero attached hydrogens (tertiary/aromatic N) is 3. The number of fused-ring (bicyclic) bond motifs is 1. The van der Waals surface area contributed by atoms with Crippen molar-refractivity contribution in [2.75, 3.05) is 45.8 Å². The minimum Gasteiger partial charge on any atom is -0.477 e. The molecule has 13 heteroatoms. The number of rotatable bonds is 13. The number of hydrogen-bond acceptors (Lipinski definition) is 8. The average molecular weight is 639 g/mol. The summed E-state index contributed by atoms with van der Waals surface area (Å²) in [7, 11) is 5.12. The molecule has 44 heavy (non-hydrogen) atoms. The summed E-state index contributed by atoms with van der Waals surface area (Å²) in [6, 6.07) is 9.48. The summed E-state index contributed by atoms with van der Waals surface area (Å²) >= 11 is 0. The summed E-state index contributed by atoms with van der Waals surface area (Å²) in [5.74, 6) is 6.80. The molecule has 0 aliphatic heterocycles. The summed E-state index contributed by atoms with van der Waals surface area (Å²) in [6.45, 7) is 2.64. The van der Waals surface area contributed by atoms with E-state index in [2.05, 4.69) is 68.2 Å². The smallest absolute Gasteiger partial charge is 0.238 e. The maximum Gasteiger partial charge on any atom is 0.238 e. The molecule has 4 N–H and O–H groups in total. The first-order valence-corrected chi connectivity index (χ1v) is 17.4. The second kappa shape index (κ2) is 15.8. The topological polar surface area (TPSA) is 135 Å². The summed E-state index contributed by atoms with van der Waals surface area (Å²) in [5.41, 5.74) is 3.17. The Morgan fingerprint density at radius 3 is 2.73 bits per heavy atom. The molecule has 1 fully saturated rings. The Bertz CT molecular complexity index is 1640. The van der Waals surface area contributed by atoms with E-state index < -0.39 is 10.0 Å². The van der Waals surface area contributed by atoms with Crippen molar-refractivity contribution in [3.63, 3.8) is 0 Å². The molecule has 0 saturated heterocycles. The van der Waals surface area contributed by atoms with Crippen LogP contribution in [0.5, 0.6) is 5.75 Å². The first-order chi connectivity index (χ1) is 21.1. The normalized spacial score (nSPS) is 18.8. The van der Waals surface area contributed by atoms with Crippen LogP contribution in [0.15, 0.2) is 29.2 Å². The number of sulfonamides is 1. The van der Waals surface area contributed by atoms with Crippen LogP contribution in [0, 0.1) is 23.2 Å². The van der Waals surface area contributed by atoms with Gasteiger partial charge in [0.25, 0.3) is 0 Å². The molecule has 1 saturated carbocycles. The Kier molecular flexibility index (Phi) is 12.2. The highest BCUT2D eigenvalue weighted by Gasteiger charge is 2.25. The first kappa shape index (κ1) is 33.9. The number of likely N-dealkylation sites (N-methyl/N-ethyl adjacent to an activating group) is 1. The fraction of sp³-hybridized carbons (Fsp3) is 0.516. The molecule has 2 aliphatic rings. The Labute approximate surface area is 264 Å². The number of nitrogens with one attached hydrogen (secondary N) is 2. The molecule has 4 rings (SSSR count). The van der Waals surface area contributed by atoms with Crippen LogP contribution in [0.2, 0.25) is 0 Å². The lowest BCUT2D eigenvalue weighted by Gasteiger charge is -2.35. The van der Waals surface area contributed by atoms with Crippen molar-refractivity contribution in [3.8, 4) is 23.7 Å². The zero-order valence-corrected chi connectivity index (χ0v) is 27.9. The van der Waals surface area contributed by atoms with Gasteiger partial charge in [-0.15, -0.1) is 9.24 Å². The van der Waals surface area contributed by atoms with Crippen molar-refractivity contribution in [1.29, 1.82) is 5.26 Å². The standard InChI is InChI=1S/C31H44BN6O4PS/c1-37(16-18-41-2)23-10-8-22(9-11-23)36-27-6-3-7-29-26(27)19-24(38(29)21-31(32)43)5-4-15-35-28-13-12-25(44(34,39)40)20-30(28)42-17-14-33/h7,12-13,19-20,22-23,31,35-36H,3,6,8-11,15-18,21,32,43H2,1-2H3,(H2,34,39,40). The summed E-state index contributed by atoms with van der Waals surface area (Å²) in [5, 5.41) is 23.8. The molecular formula is C31H44BN6O4PS. The van der Waals surface area contributed by atoms with Gasteiger partial charge in [-0.2, -0.15) is 5.26 Å². The van der Waals surface area contributed by atoms with Crippen molar-refractivity contribution in [2.24, 2.45) is 5.14 Å². The molecule has 2 aromatic rings. The third-order valence-corrected chi connectivity index (χ3v) is 9.29. The maximum atomic E-state index is 11.8. The maximum absolute atomic E-state index is 11.8. The number of benzene rings is 1. The number of nitriles is 1. The molecule has 1 aromatic carbocycles. The molecule has 0 bridgehead atoms. The van der Waals surface area contributed by atoms with Crippen LogP contribution in [-0.2, 0) is 21.3 Å². The monoisotopic (exact) mass is 638 g/mol. The van der Waals surface area contributed by atoms with E-state index in [1.165, 1.54) is 41.2 Å². The van der Waals surface area contributed by atoms with Gasteiger partial charge < -0.3 is 29.6 Å². The number of primary sulfonamides is 1. The quantitative estimate of drug-likeness (QED) is 0.164. The van der Waals surface area contributed by atoms with Crippen molar-refractivity contribution >= 4 is 44.6 Å². The van der Waals surface area contributed by atoms with Gasteiger partial charge in [-0.3, -0.25) is 0 Å². The fourth-order valence-corrected chi connectivity index (χ4v) is 6.65. The molecule has 236 valence electrons. The van der Waals surface area contributed by atoms with Gasteiger partial charge in [0.2, 0.25) is 10.0 Å². The number of anilines is 1. The van der Waals surface area contributed by atoms with Crippen molar-refractivity contribution in [1.82, 2.24) is 14.8 Å². The second-order valence-electron chi connectivity index (χ2n) is 11.6. The molecule has 2 unspecified atom stereocenters. The molecular weight excluding hydrogens is 594 g/mol. The van der Waals surface area contributed by atoms with E-state index in [1.54, 1.807) is 13.2 Å². The lowest BCUT2D eigenvalue weighted by atomic mass is 9.90. The van der Waals surface area contributed by atoms with Crippen LogP contribution >= 0.6 is 9.24 Å². The Balaban J connectivity index is 1.52.